The van der Waals surface area contributed by atoms with Crippen molar-refractivity contribution in [2.24, 2.45) is 0 Å². The summed E-state index contributed by atoms with van der Waals surface area (Å²) in [7, 11) is -0.901. The summed E-state index contributed by atoms with van der Waals surface area (Å²) in [6.07, 6.45) is 3.16. The number of hydrogen-bond donors (Lipinski definition) is 3. The number of hydrazine groups is 1. The van der Waals surface area contributed by atoms with Crippen molar-refractivity contribution in [3.8, 4) is 11.4 Å². The summed E-state index contributed by atoms with van der Waals surface area (Å²) in [5.74, 6) is -0.891. The highest BCUT2D eigenvalue weighted by atomic mass is 32.2. The summed E-state index contributed by atoms with van der Waals surface area (Å²) in [6, 6.07) is 8.85. The van der Waals surface area contributed by atoms with Gasteiger partial charge in [-0.3, -0.25) is 20.0 Å². The Morgan fingerprint density at radius 1 is 1.13 bits per heavy atom. The Kier molecular flexibility index (Phi) is 6.57. The van der Waals surface area contributed by atoms with Crippen LogP contribution in [0.15, 0.2) is 58.2 Å². The average molecular weight is 445 g/mol. The van der Waals surface area contributed by atoms with Gasteiger partial charge in [-0.25, -0.2) is 18.1 Å². The lowest BCUT2D eigenvalue weighted by Gasteiger charge is -2.12. The van der Waals surface area contributed by atoms with E-state index in [0.29, 0.717) is 11.4 Å². The summed E-state index contributed by atoms with van der Waals surface area (Å²) in [4.78, 5) is 32.1. The number of nitrogens with zero attached hydrogens (tertiary/aromatic N) is 4. The molecule has 0 saturated heterocycles. The maximum absolute atomic E-state index is 12.3. The fraction of sp³-hybridized carbons (Fsp3) is 0.167. The van der Waals surface area contributed by atoms with Crippen molar-refractivity contribution in [1.82, 2.24) is 30.2 Å². The molecule has 13 heteroatoms. The molecule has 0 fully saturated rings. The van der Waals surface area contributed by atoms with Crippen LogP contribution in [0.4, 0.5) is 6.01 Å². The molecule has 2 amide bonds. The lowest BCUT2D eigenvalue weighted by atomic mass is 10.2. The van der Waals surface area contributed by atoms with Crippen molar-refractivity contribution in [3.05, 3.63) is 54.4 Å². The molecular weight excluding hydrogens is 426 g/mol. The van der Waals surface area contributed by atoms with Crippen LogP contribution in [0.2, 0.25) is 0 Å². The molecule has 0 saturated carbocycles. The first-order valence-corrected chi connectivity index (χ1v) is 10.3. The number of hydrogen-bond acceptors (Lipinski definition) is 9. The molecule has 0 aliphatic carbocycles. The van der Waals surface area contributed by atoms with E-state index in [1.807, 2.05) is 0 Å². The number of aromatic nitrogens is 3. The third-order valence-corrected chi connectivity index (χ3v) is 5.77. The molecule has 2 heterocycles. The Morgan fingerprint density at radius 2 is 1.87 bits per heavy atom. The molecule has 3 N–H and O–H groups in total. The fourth-order valence-corrected chi connectivity index (χ4v) is 3.28. The van der Waals surface area contributed by atoms with Gasteiger partial charge in [-0.05, 0) is 30.3 Å². The molecule has 0 spiro atoms. The number of benzene rings is 1. The van der Waals surface area contributed by atoms with E-state index in [1.165, 1.54) is 38.4 Å². The fourth-order valence-electron chi connectivity index (χ4n) is 2.33. The molecule has 0 atom stereocenters. The molecule has 31 heavy (non-hydrogen) atoms. The smallest absolute Gasteiger partial charge is 0.340 e. The van der Waals surface area contributed by atoms with Gasteiger partial charge in [-0.2, -0.15) is 4.98 Å². The first kappa shape index (κ1) is 21.9. The van der Waals surface area contributed by atoms with Crippen molar-refractivity contribution in [1.29, 1.82) is 0 Å². The second kappa shape index (κ2) is 9.32. The van der Waals surface area contributed by atoms with Gasteiger partial charge in [0.05, 0.1) is 11.4 Å². The topological polar surface area (TPSA) is 159 Å². The maximum atomic E-state index is 12.3. The maximum Gasteiger partial charge on any atom is 0.340 e. The number of nitrogens with one attached hydrogen (secondary N) is 3. The molecule has 3 aromatic rings. The van der Waals surface area contributed by atoms with Crippen molar-refractivity contribution in [3.63, 3.8) is 0 Å². The first-order valence-electron chi connectivity index (χ1n) is 8.87. The minimum atomic E-state index is -3.68. The predicted octanol–water partition coefficient (Wildman–Crippen LogP) is 0.255. The van der Waals surface area contributed by atoms with Crippen LogP contribution in [0.1, 0.15) is 10.4 Å². The van der Waals surface area contributed by atoms with Crippen molar-refractivity contribution in [2.75, 3.05) is 26.1 Å². The SMILES string of the molecule is CN(C)S(=O)(=O)c1cccc(C(=O)NCC(=O)NNc2nc(-c3ccncc3)no2)c1. The van der Waals surface area contributed by atoms with Crippen molar-refractivity contribution in [2.45, 2.75) is 4.90 Å². The highest BCUT2D eigenvalue weighted by Crippen LogP contribution is 2.16. The lowest BCUT2D eigenvalue weighted by Crippen LogP contribution is -2.39. The molecule has 0 radical (unpaired) electrons. The minimum absolute atomic E-state index is 0.0299. The molecule has 162 valence electrons. The molecule has 0 unspecified atom stereocenters. The summed E-state index contributed by atoms with van der Waals surface area (Å²) >= 11 is 0. The highest BCUT2D eigenvalue weighted by Gasteiger charge is 2.19. The van der Waals surface area contributed by atoms with E-state index < -0.39 is 21.8 Å². The molecule has 2 aromatic heterocycles. The molecule has 1 aromatic carbocycles. The van der Waals surface area contributed by atoms with E-state index in [4.69, 9.17) is 4.52 Å². The van der Waals surface area contributed by atoms with Crippen LogP contribution >= 0.6 is 0 Å². The van der Waals surface area contributed by atoms with E-state index >= 15 is 0 Å². The number of sulfonamides is 1. The number of carbonyl (C=O) groups is 2. The third-order valence-electron chi connectivity index (χ3n) is 3.96. The molecule has 0 aliphatic heterocycles. The number of amides is 2. The predicted molar refractivity (Wildman–Crippen MR) is 109 cm³/mol. The van der Waals surface area contributed by atoms with E-state index in [-0.39, 0.29) is 23.0 Å². The van der Waals surface area contributed by atoms with Crippen LogP contribution in [0.25, 0.3) is 11.4 Å². The van der Waals surface area contributed by atoms with E-state index in [1.54, 1.807) is 24.5 Å². The van der Waals surface area contributed by atoms with Crippen LogP contribution in [0.5, 0.6) is 0 Å². The summed E-state index contributed by atoms with van der Waals surface area (Å²) in [6.45, 7) is -0.373. The Labute approximate surface area is 177 Å². The largest absolute Gasteiger partial charge is 0.343 e. The van der Waals surface area contributed by atoms with Crippen LogP contribution in [0.3, 0.4) is 0 Å². The normalized spacial score (nSPS) is 11.2. The van der Waals surface area contributed by atoms with Gasteiger partial charge >= 0.3 is 6.01 Å². The van der Waals surface area contributed by atoms with Crippen LogP contribution < -0.4 is 16.2 Å². The zero-order valence-corrected chi connectivity index (χ0v) is 17.4. The summed E-state index contributed by atoms with van der Waals surface area (Å²) in [5, 5.41) is 6.17. The average Bonchev–Trinajstić information content (AvgIpc) is 3.25. The highest BCUT2D eigenvalue weighted by molar-refractivity contribution is 7.89. The van der Waals surface area contributed by atoms with Crippen molar-refractivity contribution >= 4 is 27.9 Å². The second-order valence-corrected chi connectivity index (χ2v) is 8.48. The first-order chi connectivity index (χ1) is 14.8. The number of pyridine rings is 1. The van der Waals surface area contributed by atoms with Gasteiger partial charge in [-0.1, -0.05) is 11.2 Å². The minimum Gasteiger partial charge on any atom is -0.343 e. The Morgan fingerprint density at radius 3 is 2.58 bits per heavy atom. The second-order valence-electron chi connectivity index (χ2n) is 6.33. The van der Waals surface area contributed by atoms with Gasteiger partial charge in [0.2, 0.25) is 15.8 Å². The van der Waals surface area contributed by atoms with Gasteiger partial charge in [0.1, 0.15) is 0 Å². The van der Waals surface area contributed by atoms with Gasteiger partial charge in [-0.15, -0.1) is 0 Å². The molecule has 0 aliphatic rings. The number of rotatable bonds is 8. The zero-order chi connectivity index (χ0) is 22.4. The standard InChI is InChI=1S/C18H19N7O5S/c1-25(2)31(28,29)14-5-3-4-13(10-14)17(27)20-11-15(26)22-23-18-21-16(24-30-18)12-6-8-19-9-7-12/h3-10H,11H2,1-2H3,(H,20,27)(H,22,26)(H,21,23,24). The van der Waals surface area contributed by atoms with Gasteiger partial charge < -0.3 is 9.84 Å². The Balaban J connectivity index is 1.52. The van der Waals surface area contributed by atoms with E-state index in [0.717, 1.165) is 4.31 Å². The van der Waals surface area contributed by atoms with Gasteiger partial charge in [0.15, 0.2) is 0 Å². The van der Waals surface area contributed by atoms with Crippen LogP contribution in [-0.2, 0) is 14.8 Å². The third kappa shape index (κ3) is 5.40. The van der Waals surface area contributed by atoms with Gasteiger partial charge in [0, 0.05) is 37.6 Å². The van der Waals surface area contributed by atoms with Crippen molar-refractivity contribution < 1.29 is 22.5 Å². The number of carbonyl (C=O) groups excluding carboxylic acids is 2. The Bertz CT molecular complexity index is 1180. The Hall–Kier alpha value is -3.84. The summed E-state index contributed by atoms with van der Waals surface area (Å²) in [5.41, 5.74) is 5.54. The number of anilines is 1. The molecule has 3 rings (SSSR count). The van der Waals surface area contributed by atoms with Crippen LogP contribution in [-0.4, -0.2) is 60.3 Å². The monoisotopic (exact) mass is 445 g/mol. The molecular formula is C18H19N7O5S. The quantitative estimate of drug-likeness (QED) is 0.413. The van der Waals surface area contributed by atoms with E-state index in [2.05, 4.69) is 31.3 Å². The molecule has 12 nitrogen and oxygen atoms in total. The van der Waals surface area contributed by atoms with Crippen LogP contribution in [0, 0.1) is 0 Å². The molecule has 0 bridgehead atoms. The lowest BCUT2D eigenvalue weighted by molar-refractivity contribution is -0.119. The van der Waals surface area contributed by atoms with Gasteiger partial charge in [0.25, 0.3) is 11.8 Å². The zero-order valence-electron chi connectivity index (χ0n) is 16.6. The summed E-state index contributed by atoms with van der Waals surface area (Å²) < 4.78 is 30.4. The van der Waals surface area contributed by atoms with E-state index in [9.17, 15) is 18.0 Å².